The summed E-state index contributed by atoms with van der Waals surface area (Å²) in [6.07, 6.45) is 7.52. The van der Waals surface area contributed by atoms with Gasteiger partial charge in [-0.05, 0) is 18.9 Å². The van der Waals surface area contributed by atoms with Gasteiger partial charge in [0.1, 0.15) is 0 Å². The predicted octanol–water partition coefficient (Wildman–Crippen LogP) is 1.46. The molecule has 5 heteroatoms. The fraction of sp³-hybridized carbons (Fsp3) is 0.545. The molecule has 2 N–H and O–H groups in total. The lowest BCUT2D eigenvalue weighted by molar-refractivity contribution is 0.425. The minimum absolute atomic E-state index is 0.351. The van der Waals surface area contributed by atoms with Gasteiger partial charge in [-0.2, -0.15) is 0 Å². The molecule has 0 aliphatic heterocycles. The third-order valence-corrected chi connectivity index (χ3v) is 3.48. The van der Waals surface area contributed by atoms with Gasteiger partial charge in [-0.1, -0.05) is 30.9 Å². The first-order chi connectivity index (χ1) is 7.68. The van der Waals surface area contributed by atoms with Crippen molar-refractivity contribution in [3.63, 3.8) is 0 Å². The molecule has 16 heavy (non-hydrogen) atoms. The van der Waals surface area contributed by atoms with Crippen LogP contribution in [0.15, 0.2) is 12.3 Å². The second-order valence-corrected chi connectivity index (χ2v) is 4.75. The van der Waals surface area contributed by atoms with Crippen LogP contribution in [0.5, 0.6) is 0 Å². The van der Waals surface area contributed by atoms with Crippen LogP contribution in [-0.4, -0.2) is 22.2 Å². The lowest BCUT2D eigenvalue weighted by Gasteiger charge is -2.22. The van der Waals surface area contributed by atoms with Crippen LogP contribution in [0, 0.1) is 0 Å². The van der Waals surface area contributed by atoms with Crippen LogP contribution in [0.4, 0.5) is 0 Å². The molecule has 1 heterocycles. The topological polar surface area (TPSA) is 53.4 Å². The van der Waals surface area contributed by atoms with Crippen molar-refractivity contribution in [2.24, 2.45) is 0 Å². The SMILES string of the molecule is OB(O)c1cnc(C2CCCCC2)c(Cl)c1. The predicted molar refractivity (Wildman–Crippen MR) is 64.9 cm³/mol. The van der Waals surface area contributed by atoms with Crippen LogP contribution in [0.3, 0.4) is 0 Å². The van der Waals surface area contributed by atoms with Gasteiger partial charge in [-0.3, -0.25) is 4.98 Å². The van der Waals surface area contributed by atoms with Gasteiger partial charge in [0.15, 0.2) is 0 Å². The number of hydrogen-bond donors (Lipinski definition) is 2. The molecule has 0 unspecified atom stereocenters. The maximum atomic E-state index is 9.01. The summed E-state index contributed by atoms with van der Waals surface area (Å²) in [6.45, 7) is 0. The summed E-state index contributed by atoms with van der Waals surface area (Å²) >= 11 is 6.12. The Labute approximate surface area is 101 Å². The van der Waals surface area contributed by atoms with E-state index in [1.165, 1.54) is 25.5 Å². The van der Waals surface area contributed by atoms with E-state index in [-0.39, 0.29) is 0 Å². The van der Waals surface area contributed by atoms with Crippen LogP contribution >= 0.6 is 11.6 Å². The number of halogens is 1. The van der Waals surface area contributed by atoms with Crippen LogP contribution in [0.2, 0.25) is 5.02 Å². The highest BCUT2D eigenvalue weighted by atomic mass is 35.5. The summed E-state index contributed by atoms with van der Waals surface area (Å²) in [5, 5.41) is 18.6. The standard InChI is InChI=1S/C11H15BClNO2/c13-10-6-9(12(15)16)7-14-11(10)8-4-2-1-3-5-8/h6-8,15-16H,1-5H2. The van der Waals surface area contributed by atoms with Crippen molar-refractivity contribution in [1.82, 2.24) is 4.98 Å². The lowest BCUT2D eigenvalue weighted by Crippen LogP contribution is -2.30. The first-order valence-electron chi connectivity index (χ1n) is 5.70. The lowest BCUT2D eigenvalue weighted by atomic mass is 9.80. The quantitative estimate of drug-likeness (QED) is 0.769. The van der Waals surface area contributed by atoms with Gasteiger partial charge in [0.2, 0.25) is 0 Å². The minimum atomic E-state index is -1.49. The summed E-state index contributed by atoms with van der Waals surface area (Å²) in [5.41, 5.74) is 1.26. The van der Waals surface area contributed by atoms with Gasteiger partial charge in [-0.25, -0.2) is 0 Å². The summed E-state index contributed by atoms with van der Waals surface area (Å²) in [6, 6.07) is 1.60. The Morgan fingerprint density at radius 2 is 1.94 bits per heavy atom. The minimum Gasteiger partial charge on any atom is -0.423 e. The molecular formula is C11H15BClNO2. The molecule has 1 fully saturated rings. The van der Waals surface area contributed by atoms with Gasteiger partial charge in [0.05, 0.1) is 10.7 Å². The Kier molecular flexibility index (Phi) is 3.84. The normalized spacial score (nSPS) is 17.4. The van der Waals surface area contributed by atoms with E-state index in [0.29, 0.717) is 16.4 Å². The molecule has 0 bridgehead atoms. The summed E-state index contributed by atoms with van der Waals surface area (Å²) in [5.74, 6) is 0.436. The molecule has 3 nitrogen and oxygen atoms in total. The second kappa shape index (κ2) is 5.17. The first-order valence-corrected chi connectivity index (χ1v) is 6.08. The summed E-state index contributed by atoms with van der Waals surface area (Å²) in [4.78, 5) is 4.27. The van der Waals surface area contributed by atoms with Crippen LogP contribution in [-0.2, 0) is 0 Å². The van der Waals surface area contributed by atoms with Gasteiger partial charge in [-0.15, -0.1) is 0 Å². The zero-order chi connectivity index (χ0) is 11.5. The van der Waals surface area contributed by atoms with Crippen LogP contribution in [0.25, 0.3) is 0 Å². The zero-order valence-electron chi connectivity index (χ0n) is 9.06. The van der Waals surface area contributed by atoms with E-state index in [9.17, 15) is 0 Å². The highest BCUT2D eigenvalue weighted by Crippen LogP contribution is 2.34. The summed E-state index contributed by atoms with van der Waals surface area (Å²) in [7, 11) is -1.49. The molecule has 1 aromatic heterocycles. The molecule has 0 aromatic carbocycles. The maximum Gasteiger partial charge on any atom is 0.490 e. The molecule has 1 saturated carbocycles. The number of hydrogen-bond acceptors (Lipinski definition) is 3. The van der Waals surface area contributed by atoms with Crippen molar-refractivity contribution >= 4 is 24.2 Å². The Morgan fingerprint density at radius 3 is 2.50 bits per heavy atom. The third kappa shape index (κ3) is 2.57. The van der Waals surface area contributed by atoms with E-state index in [0.717, 1.165) is 18.5 Å². The number of nitrogens with zero attached hydrogens (tertiary/aromatic N) is 1. The van der Waals surface area contributed by atoms with Gasteiger partial charge in [0.25, 0.3) is 0 Å². The van der Waals surface area contributed by atoms with E-state index in [2.05, 4.69) is 4.98 Å². The van der Waals surface area contributed by atoms with Crippen molar-refractivity contribution in [3.8, 4) is 0 Å². The molecule has 86 valence electrons. The molecule has 0 saturated heterocycles. The number of rotatable bonds is 2. The van der Waals surface area contributed by atoms with Crippen molar-refractivity contribution in [3.05, 3.63) is 23.0 Å². The number of aromatic nitrogens is 1. The fourth-order valence-electron chi connectivity index (χ4n) is 2.28. The molecule has 1 aliphatic carbocycles. The molecule has 1 aromatic rings. The molecule has 0 amide bonds. The van der Waals surface area contributed by atoms with E-state index in [4.69, 9.17) is 21.6 Å². The van der Waals surface area contributed by atoms with Crippen LogP contribution < -0.4 is 5.46 Å². The van der Waals surface area contributed by atoms with E-state index in [1.807, 2.05) is 0 Å². The third-order valence-electron chi connectivity index (χ3n) is 3.18. The smallest absolute Gasteiger partial charge is 0.423 e. The summed E-state index contributed by atoms with van der Waals surface area (Å²) < 4.78 is 0. The van der Waals surface area contributed by atoms with Gasteiger partial charge in [0, 0.05) is 17.6 Å². The fourth-order valence-corrected chi connectivity index (χ4v) is 2.61. The van der Waals surface area contributed by atoms with Crippen molar-refractivity contribution in [2.45, 2.75) is 38.0 Å². The highest BCUT2D eigenvalue weighted by molar-refractivity contribution is 6.58. The average Bonchev–Trinajstić information content (AvgIpc) is 2.30. The molecule has 0 radical (unpaired) electrons. The Hall–Kier alpha value is -0.575. The average molecular weight is 240 g/mol. The monoisotopic (exact) mass is 239 g/mol. The van der Waals surface area contributed by atoms with E-state index >= 15 is 0 Å². The van der Waals surface area contributed by atoms with Crippen LogP contribution in [0.1, 0.15) is 43.7 Å². The van der Waals surface area contributed by atoms with Gasteiger partial charge >= 0.3 is 7.12 Å². The molecule has 0 spiro atoms. The Balaban J connectivity index is 2.21. The Bertz CT molecular complexity index is 367. The van der Waals surface area contributed by atoms with Gasteiger partial charge < -0.3 is 10.0 Å². The molecule has 0 atom stereocenters. The molecular weight excluding hydrogens is 224 g/mol. The van der Waals surface area contributed by atoms with Crippen molar-refractivity contribution in [1.29, 1.82) is 0 Å². The van der Waals surface area contributed by atoms with Crippen molar-refractivity contribution in [2.75, 3.05) is 0 Å². The molecule has 2 rings (SSSR count). The van der Waals surface area contributed by atoms with E-state index in [1.54, 1.807) is 6.07 Å². The number of pyridine rings is 1. The second-order valence-electron chi connectivity index (χ2n) is 4.34. The van der Waals surface area contributed by atoms with Crippen molar-refractivity contribution < 1.29 is 10.0 Å². The highest BCUT2D eigenvalue weighted by Gasteiger charge is 2.21. The maximum absolute atomic E-state index is 9.01. The first kappa shape index (κ1) is 11.9. The van der Waals surface area contributed by atoms with E-state index < -0.39 is 7.12 Å². The largest absolute Gasteiger partial charge is 0.490 e. The zero-order valence-corrected chi connectivity index (χ0v) is 9.82. The Morgan fingerprint density at radius 1 is 1.25 bits per heavy atom. The molecule has 1 aliphatic rings.